The molecule has 12 heavy (non-hydrogen) atoms. The summed E-state index contributed by atoms with van der Waals surface area (Å²) >= 11 is 4.54. The van der Waals surface area contributed by atoms with Gasteiger partial charge in [0.1, 0.15) is 0 Å². The molecule has 0 aliphatic heterocycles. The molecule has 0 bridgehead atoms. The minimum atomic E-state index is 0.761. The van der Waals surface area contributed by atoms with Gasteiger partial charge in [-0.15, -0.1) is 0 Å². The molecule has 3 nitrogen and oxygen atoms in total. The molecule has 1 aromatic carbocycles. The Bertz CT molecular complexity index is 225. The van der Waals surface area contributed by atoms with Crippen LogP contribution in [0.15, 0.2) is 30.3 Å². The van der Waals surface area contributed by atoms with Crippen molar-refractivity contribution < 1.29 is 0 Å². The summed E-state index contributed by atoms with van der Waals surface area (Å²) in [6.07, 6.45) is 0. The molecule has 0 atom stereocenters. The number of thiocarbonyl (C=S) groups is 1. The van der Waals surface area contributed by atoms with E-state index < -0.39 is 0 Å². The summed E-state index contributed by atoms with van der Waals surface area (Å²) in [5.74, 6) is 0. The quantitative estimate of drug-likeness (QED) is 0.356. The molecular weight excluding hydrogens is 170 g/mol. The third-order valence-corrected chi connectivity index (χ3v) is 1.47. The monoisotopic (exact) mass is 181 g/mol. The molecule has 0 spiro atoms. The van der Waals surface area contributed by atoms with Gasteiger partial charge in [0.15, 0.2) is 0 Å². The van der Waals surface area contributed by atoms with Crippen LogP contribution in [0, 0.1) is 0 Å². The van der Waals surface area contributed by atoms with Gasteiger partial charge in [-0.3, -0.25) is 0 Å². The maximum atomic E-state index is 4.54. The largest absolute Gasteiger partial charge is 0.305 e. The first kappa shape index (κ1) is 9.12. The highest BCUT2D eigenvalue weighted by Gasteiger charge is 1.86. The molecule has 0 aromatic heterocycles. The lowest BCUT2D eigenvalue weighted by Crippen LogP contribution is -2.41. The minimum absolute atomic E-state index is 0.761. The van der Waals surface area contributed by atoms with Crippen molar-refractivity contribution in [3.05, 3.63) is 35.9 Å². The number of hydrazine groups is 2. The number of rotatable bonds is 5. The summed E-state index contributed by atoms with van der Waals surface area (Å²) in [4.78, 5) is 0. The molecule has 0 fully saturated rings. The molecule has 0 saturated carbocycles. The third kappa shape index (κ3) is 3.43. The summed E-state index contributed by atoms with van der Waals surface area (Å²) in [6, 6.07) is 10.1. The van der Waals surface area contributed by atoms with Gasteiger partial charge in [0, 0.05) is 6.54 Å². The second-order valence-electron chi connectivity index (χ2n) is 2.23. The van der Waals surface area contributed by atoms with Crippen LogP contribution in [0.3, 0.4) is 0 Å². The second kappa shape index (κ2) is 5.65. The number of hydrogen-bond acceptors (Lipinski definition) is 3. The van der Waals surface area contributed by atoms with Crippen molar-refractivity contribution in [1.82, 2.24) is 16.4 Å². The van der Waals surface area contributed by atoms with Gasteiger partial charge >= 0.3 is 0 Å². The van der Waals surface area contributed by atoms with E-state index in [1.165, 1.54) is 11.1 Å². The fourth-order valence-electron chi connectivity index (χ4n) is 0.823. The molecule has 0 heterocycles. The number of nitrogens with one attached hydrogen (secondary N) is 3. The van der Waals surface area contributed by atoms with E-state index in [2.05, 4.69) is 28.6 Å². The Morgan fingerprint density at radius 3 is 2.67 bits per heavy atom. The van der Waals surface area contributed by atoms with Crippen molar-refractivity contribution in [2.75, 3.05) is 0 Å². The predicted octanol–water partition coefficient (Wildman–Crippen LogP) is 0.743. The summed E-state index contributed by atoms with van der Waals surface area (Å²) in [7, 11) is 0. The van der Waals surface area contributed by atoms with Gasteiger partial charge in [0.2, 0.25) is 0 Å². The zero-order valence-corrected chi connectivity index (χ0v) is 7.40. The Morgan fingerprint density at radius 1 is 1.25 bits per heavy atom. The Balaban J connectivity index is 2.20. The Hall–Kier alpha value is -0.970. The molecule has 1 aromatic rings. The molecule has 0 amide bonds. The number of benzene rings is 1. The molecule has 4 heteroatoms. The molecular formula is C8H11N3S. The molecule has 0 unspecified atom stereocenters. The van der Waals surface area contributed by atoms with Crippen LogP contribution in [-0.4, -0.2) is 5.49 Å². The van der Waals surface area contributed by atoms with Crippen LogP contribution in [0.1, 0.15) is 5.56 Å². The van der Waals surface area contributed by atoms with E-state index in [-0.39, 0.29) is 0 Å². The lowest BCUT2D eigenvalue weighted by molar-refractivity contribution is 0.509. The highest BCUT2D eigenvalue weighted by atomic mass is 32.1. The van der Waals surface area contributed by atoms with Crippen molar-refractivity contribution in [2.45, 2.75) is 6.54 Å². The minimum Gasteiger partial charge on any atom is -0.305 e. The van der Waals surface area contributed by atoms with Crippen molar-refractivity contribution in [3.8, 4) is 0 Å². The summed E-state index contributed by atoms with van der Waals surface area (Å²) < 4.78 is 0. The lowest BCUT2D eigenvalue weighted by atomic mass is 10.2. The first-order chi connectivity index (χ1) is 5.93. The van der Waals surface area contributed by atoms with Gasteiger partial charge in [-0.05, 0) is 5.56 Å². The zero-order chi connectivity index (χ0) is 8.65. The van der Waals surface area contributed by atoms with Gasteiger partial charge < -0.3 is 5.43 Å². The van der Waals surface area contributed by atoms with E-state index in [0.717, 1.165) is 6.54 Å². The van der Waals surface area contributed by atoms with Crippen LogP contribution < -0.4 is 16.4 Å². The zero-order valence-electron chi connectivity index (χ0n) is 6.58. The maximum absolute atomic E-state index is 4.54. The fourth-order valence-corrected chi connectivity index (χ4v) is 0.882. The van der Waals surface area contributed by atoms with Crippen molar-refractivity contribution in [3.63, 3.8) is 0 Å². The normalized spacial score (nSPS) is 9.33. The molecule has 0 aliphatic carbocycles. The Morgan fingerprint density at radius 2 is 2.00 bits per heavy atom. The van der Waals surface area contributed by atoms with Crippen LogP contribution in [-0.2, 0) is 6.54 Å². The van der Waals surface area contributed by atoms with Gasteiger partial charge in [0.25, 0.3) is 0 Å². The predicted molar refractivity (Wildman–Crippen MR) is 53.2 cm³/mol. The Kier molecular flexibility index (Phi) is 4.30. The first-order valence-corrected chi connectivity index (χ1v) is 4.11. The van der Waals surface area contributed by atoms with Crippen LogP contribution in [0.4, 0.5) is 0 Å². The van der Waals surface area contributed by atoms with Crippen LogP contribution in [0.5, 0.6) is 0 Å². The van der Waals surface area contributed by atoms with Crippen molar-refractivity contribution in [2.24, 2.45) is 0 Å². The third-order valence-electron chi connectivity index (χ3n) is 1.35. The van der Waals surface area contributed by atoms with Gasteiger partial charge in [-0.1, -0.05) is 42.5 Å². The standard InChI is InChI=1S/C8H11N3S/c12-7-10-11-9-6-8-4-2-1-3-5-8/h1-5,7,9,11H,6H2,(H,10,12). The number of hydrogen-bond donors (Lipinski definition) is 3. The second-order valence-corrected chi connectivity index (χ2v) is 2.46. The molecule has 64 valence electrons. The van der Waals surface area contributed by atoms with E-state index in [9.17, 15) is 0 Å². The van der Waals surface area contributed by atoms with Gasteiger partial charge in [0.05, 0.1) is 5.49 Å². The van der Waals surface area contributed by atoms with E-state index in [1.807, 2.05) is 30.3 Å². The van der Waals surface area contributed by atoms with Crippen LogP contribution in [0.2, 0.25) is 0 Å². The summed E-state index contributed by atoms with van der Waals surface area (Å²) in [5.41, 5.74) is 10.9. The SMILES string of the molecule is S=CNNNCc1ccccc1. The molecule has 0 saturated heterocycles. The van der Waals surface area contributed by atoms with E-state index in [4.69, 9.17) is 0 Å². The topological polar surface area (TPSA) is 36.1 Å². The van der Waals surface area contributed by atoms with E-state index >= 15 is 0 Å². The average Bonchev–Trinajstić information content (AvgIpc) is 2.14. The van der Waals surface area contributed by atoms with E-state index in [1.54, 1.807) is 0 Å². The fraction of sp³-hybridized carbons (Fsp3) is 0.125. The smallest absolute Gasteiger partial charge is 0.0769 e. The van der Waals surface area contributed by atoms with Gasteiger partial charge in [-0.2, -0.15) is 5.53 Å². The van der Waals surface area contributed by atoms with Crippen LogP contribution in [0.25, 0.3) is 0 Å². The average molecular weight is 181 g/mol. The van der Waals surface area contributed by atoms with Gasteiger partial charge in [-0.25, -0.2) is 5.43 Å². The van der Waals surface area contributed by atoms with Crippen molar-refractivity contribution >= 4 is 17.7 Å². The summed E-state index contributed by atoms with van der Waals surface area (Å²) in [5, 5.41) is 0. The molecule has 1 rings (SSSR count). The summed E-state index contributed by atoms with van der Waals surface area (Å²) in [6.45, 7) is 0.761. The first-order valence-electron chi connectivity index (χ1n) is 3.64. The highest BCUT2D eigenvalue weighted by Crippen LogP contribution is 1.95. The Labute approximate surface area is 77.1 Å². The highest BCUT2D eigenvalue weighted by molar-refractivity contribution is 7.78. The van der Waals surface area contributed by atoms with Crippen molar-refractivity contribution in [1.29, 1.82) is 0 Å². The molecule has 0 aliphatic rings. The molecule has 0 radical (unpaired) electrons. The lowest BCUT2D eigenvalue weighted by Gasteiger charge is -2.04. The van der Waals surface area contributed by atoms with E-state index in [0.29, 0.717) is 0 Å². The van der Waals surface area contributed by atoms with Crippen LogP contribution >= 0.6 is 12.2 Å². The molecule has 3 N–H and O–H groups in total. The maximum Gasteiger partial charge on any atom is 0.0769 e.